The van der Waals surface area contributed by atoms with E-state index in [9.17, 15) is 9.59 Å². The summed E-state index contributed by atoms with van der Waals surface area (Å²) in [6.45, 7) is 68.2. The molecule has 0 radical (unpaired) electrons. The molecular weight excluding hydrogens is 731 g/mol. The molecule has 0 aromatic rings. The maximum absolute atomic E-state index is 11.2. The standard InChI is InChI=1S/C12H22O.C12H24O.C9H18O.C8H11NO2.C7H14.C5H12/c1-9(2)7-8-10(3,4)12(6)11(9,5)13-12;1-9(2,3)12(8)10(4,5)13-11(12,6)7;1-7(2,3)9(6)8(4,5)10-9;1-4-9-7(10)5(2)6(3)8(9)11;1-5-7(4)6(2)3;1-5(2,3)4/h7-8H2,1-6H3;1-8H3;1-6H3;4H2,1-3H3;5H2,1-4H3;1-4H3. The minimum atomic E-state index is -0.144. The first-order valence-electron chi connectivity index (χ1n) is 22.9. The molecule has 348 valence electrons. The van der Waals surface area contributed by atoms with Crippen LogP contribution in [0.1, 0.15) is 234 Å². The lowest BCUT2D eigenvalue weighted by molar-refractivity contribution is -0.378. The fourth-order valence-corrected chi connectivity index (χ4v) is 9.38. The summed E-state index contributed by atoms with van der Waals surface area (Å²) >= 11 is 0. The summed E-state index contributed by atoms with van der Waals surface area (Å²) in [5.41, 5.74) is 6.48. The Hall–Kier alpha value is -1.50. The summed E-state index contributed by atoms with van der Waals surface area (Å²) < 4.78 is 17.7. The molecule has 4 aliphatic heterocycles. The van der Waals surface area contributed by atoms with Gasteiger partial charge in [0.25, 0.3) is 11.8 Å². The summed E-state index contributed by atoms with van der Waals surface area (Å²) in [4.78, 5) is 23.7. The summed E-state index contributed by atoms with van der Waals surface area (Å²) in [7, 11) is 0. The molecule has 3 unspecified atom stereocenters. The maximum atomic E-state index is 11.2. The molecule has 59 heavy (non-hydrogen) atoms. The van der Waals surface area contributed by atoms with Gasteiger partial charge in [0, 0.05) is 23.1 Å². The van der Waals surface area contributed by atoms with Crippen molar-refractivity contribution < 1.29 is 23.8 Å². The first-order chi connectivity index (χ1) is 25.6. The predicted molar refractivity (Wildman–Crippen MR) is 255 cm³/mol. The minimum absolute atomic E-state index is 0.00521. The maximum Gasteiger partial charge on any atom is 0.256 e. The molecule has 0 aromatic heterocycles. The van der Waals surface area contributed by atoms with Crippen molar-refractivity contribution in [3.05, 3.63) is 22.3 Å². The predicted octanol–water partition coefficient (Wildman–Crippen LogP) is 15.1. The van der Waals surface area contributed by atoms with Crippen LogP contribution >= 0.6 is 0 Å². The van der Waals surface area contributed by atoms with E-state index in [1.54, 1.807) is 20.8 Å². The summed E-state index contributed by atoms with van der Waals surface area (Å²) in [6, 6.07) is 0. The van der Waals surface area contributed by atoms with Gasteiger partial charge in [-0.25, -0.2) is 0 Å². The molecule has 0 aromatic carbocycles. The molecule has 4 heterocycles. The van der Waals surface area contributed by atoms with Crippen LogP contribution in [-0.2, 0) is 23.8 Å². The van der Waals surface area contributed by atoms with E-state index < -0.39 is 0 Å². The second kappa shape index (κ2) is 17.9. The second-order valence-electron chi connectivity index (χ2n) is 25.6. The van der Waals surface area contributed by atoms with E-state index >= 15 is 0 Å². The van der Waals surface area contributed by atoms with Crippen LogP contribution in [0.5, 0.6) is 0 Å². The average molecular weight is 832 g/mol. The van der Waals surface area contributed by atoms with E-state index in [2.05, 4.69) is 194 Å². The van der Waals surface area contributed by atoms with E-state index in [-0.39, 0.29) is 61.7 Å². The Morgan fingerprint density at radius 3 is 0.966 bits per heavy atom. The lowest BCUT2D eigenvalue weighted by Gasteiger charge is -2.70. The number of ether oxygens (including phenoxy) is 3. The van der Waals surface area contributed by atoms with Crippen LogP contribution in [0.25, 0.3) is 0 Å². The van der Waals surface area contributed by atoms with E-state index in [1.165, 1.54) is 35.3 Å². The van der Waals surface area contributed by atoms with Gasteiger partial charge in [-0.05, 0) is 150 Å². The van der Waals surface area contributed by atoms with Gasteiger partial charge < -0.3 is 14.2 Å². The fourth-order valence-electron chi connectivity index (χ4n) is 9.38. The van der Waals surface area contributed by atoms with Gasteiger partial charge in [-0.3, -0.25) is 14.5 Å². The fraction of sp³-hybridized carbons (Fsp3) is 0.887. The van der Waals surface area contributed by atoms with Gasteiger partial charge in [0.05, 0.1) is 22.4 Å². The molecule has 1 saturated carbocycles. The SMILES string of the molecule is CC(C)(C)C.CC(C)(C)C1(C)C(C)(C)OC1(C)C.CC(C)(C)C1(C)OC1(C)C.CC1(C)CCC(C)(C)C2(C)OC12C.CCC(C)=C(C)C.CCN1C(=O)C(C)=C(C)C1=O. The van der Waals surface area contributed by atoms with Gasteiger partial charge in [-0.2, -0.15) is 0 Å². The van der Waals surface area contributed by atoms with Crippen LogP contribution in [0.3, 0.4) is 0 Å². The number of hydrogen-bond acceptors (Lipinski definition) is 5. The molecule has 0 spiro atoms. The number of nitrogens with zero attached hydrogens (tertiary/aromatic N) is 1. The highest BCUT2D eigenvalue weighted by molar-refractivity contribution is 6.18. The van der Waals surface area contributed by atoms with Crippen molar-refractivity contribution in [1.82, 2.24) is 4.90 Å². The van der Waals surface area contributed by atoms with Crippen LogP contribution in [-0.4, -0.2) is 56.9 Å². The van der Waals surface area contributed by atoms with Gasteiger partial charge in [-0.15, -0.1) is 0 Å². The van der Waals surface area contributed by atoms with Gasteiger partial charge in [0.2, 0.25) is 0 Å². The number of imide groups is 1. The number of carbonyl (C=O) groups is 2. The Morgan fingerprint density at radius 2 is 0.847 bits per heavy atom. The van der Waals surface area contributed by atoms with E-state index in [1.807, 2.05) is 0 Å². The number of epoxide rings is 2. The zero-order valence-electron chi connectivity index (χ0n) is 45.3. The highest BCUT2D eigenvalue weighted by Crippen LogP contribution is 2.71. The van der Waals surface area contributed by atoms with Gasteiger partial charge in [-0.1, -0.05) is 122 Å². The second-order valence-corrected chi connectivity index (χ2v) is 25.6. The van der Waals surface area contributed by atoms with Gasteiger partial charge in [0.1, 0.15) is 11.2 Å². The third-order valence-corrected chi connectivity index (χ3v) is 16.0. The third-order valence-electron chi connectivity index (χ3n) is 16.0. The lowest BCUT2D eigenvalue weighted by Crippen LogP contribution is -2.74. The summed E-state index contributed by atoms with van der Waals surface area (Å²) in [5, 5.41) is 0. The molecule has 1 aliphatic carbocycles. The van der Waals surface area contributed by atoms with Gasteiger partial charge in [0.15, 0.2) is 0 Å². The Morgan fingerprint density at radius 1 is 0.542 bits per heavy atom. The molecular formula is C53H101NO5. The largest absolute Gasteiger partial charge is 0.368 e. The zero-order valence-corrected chi connectivity index (χ0v) is 45.3. The summed E-state index contributed by atoms with van der Waals surface area (Å²) in [5.74, 6) is -0.287. The zero-order chi connectivity index (χ0) is 48.0. The number of carbonyl (C=O) groups excluding carboxylic acids is 2. The minimum Gasteiger partial charge on any atom is -0.368 e. The Kier molecular flexibility index (Phi) is 17.5. The highest BCUT2D eigenvalue weighted by Gasteiger charge is 2.77. The lowest BCUT2D eigenvalue weighted by atomic mass is 9.48. The van der Waals surface area contributed by atoms with E-state index in [0.717, 1.165) is 0 Å². The summed E-state index contributed by atoms with van der Waals surface area (Å²) in [6.07, 6.45) is 3.76. The highest BCUT2D eigenvalue weighted by atomic mass is 16.6. The molecule has 6 heteroatoms. The number of allylic oxidation sites excluding steroid dienone is 2. The Balaban J connectivity index is 0.000000702. The number of hydrogen-bond donors (Lipinski definition) is 0. The van der Waals surface area contributed by atoms with Crippen LogP contribution in [0.4, 0.5) is 0 Å². The normalized spacial score (nSPS) is 29.7. The first-order valence-corrected chi connectivity index (χ1v) is 22.9. The molecule has 0 bridgehead atoms. The number of likely N-dealkylation sites (N-methyl/N-ethyl adjacent to an activating group) is 1. The van der Waals surface area contributed by atoms with Crippen molar-refractivity contribution in [3.8, 4) is 0 Å². The van der Waals surface area contributed by atoms with E-state index in [4.69, 9.17) is 14.2 Å². The molecule has 3 saturated heterocycles. The molecule has 0 N–H and O–H groups in total. The van der Waals surface area contributed by atoms with Crippen LogP contribution in [0.15, 0.2) is 22.3 Å². The van der Waals surface area contributed by atoms with Crippen molar-refractivity contribution in [2.24, 2.45) is 32.5 Å². The molecule has 5 aliphatic rings. The Bertz CT molecular complexity index is 1460. The van der Waals surface area contributed by atoms with Crippen molar-refractivity contribution in [1.29, 1.82) is 0 Å². The van der Waals surface area contributed by atoms with Crippen LogP contribution in [0.2, 0.25) is 0 Å². The van der Waals surface area contributed by atoms with Gasteiger partial charge >= 0.3 is 0 Å². The molecule has 3 atom stereocenters. The molecule has 6 nitrogen and oxygen atoms in total. The number of fused-ring (bicyclic) bond motifs is 1. The monoisotopic (exact) mass is 832 g/mol. The smallest absolute Gasteiger partial charge is 0.256 e. The van der Waals surface area contributed by atoms with Crippen molar-refractivity contribution in [2.45, 2.75) is 268 Å². The molecule has 5 rings (SSSR count). The number of amides is 2. The average Bonchev–Trinajstić information content (AvgIpc) is 3.81. The van der Waals surface area contributed by atoms with Crippen molar-refractivity contribution >= 4 is 11.8 Å². The topological polar surface area (TPSA) is 71.7 Å². The molecule has 4 fully saturated rings. The third kappa shape index (κ3) is 11.8. The van der Waals surface area contributed by atoms with Crippen molar-refractivity contribution in [3.63, 3.8) is 0 Å². The molecule has 2 amide bonds. The Labute approximate surface area is 368 Å². The van der Waals surface area contributed by atoms with Crippen LogP contribution in [0, 0.1) is 32.5 Å². The van der Waals surface area contributed by atoms with E-state index in [0.29, 0.717) is 33.9 Å². The first kappa shape index (κ1) is 57.5. The van der Waals surface area contributed by atoms with Crippen molar-refractivity contribution in [2.75, 3.05) is 6.54 Å². The quantitative estimate of drug-likeness (QED) is 0.157. The number of rotatable bonds is 2. The van der Waals surface area contributed by atoms with Crippen LogP contribution < -0.4 is 0 Å².